The molecule has 0 fully saturated rings. The van der Waals surface area contributed by atoms with Gasteiger partial charge in [0.05, 0.1) is 33.2 Å². The average molecular weight is 615 g/mol. The van der Waals surface area contributed by atoms with Gasteiger partial charge >= 0.3 is 0 Å². The molecule has 4 aromatic rings. The van der Waals surface area contributed by atoms with Gasteiger partial charge in [0.15, 0.2) is 11.5 Å². The van der Waals surface area contributed by atoms with E-state index in [4.69, 9.17) is 14.2 Å². The van der Waals surface area contributed by atoms with Crippen molar-refractivity contribution < 1.29 is 23.8 Å². The maximum Gasteiger partial charge on any atom is 0.242 e. The van der Waals surface area contributed by atoms with E-state index in [2.05, 4.69) is 13.0 Å². The number of rotatable bonds is 16. The van der Waals surface area contributed by atoms with Gasteiger partial charge in [0, 0.05) is 31.7 Å². The molecule has 8 heteroatoms. The fourth-order valence-electron chi connectivity index (χ4n) is 5.21. The highest BCUT2D eigenvalue weighted by atomic mass is 32.1. The molecule has 0 unspecified atom stereocenters. The highest BCUT2D eigenvalue weighted by molar-refractivity contribution is 7.10. The van der Waals surface area contributed by atoms with E-state index in [0.717, 1.165) is 27.1 Å². The third kappa shape index (κ3) is 8.71. The van der Waals surface area contributed by atoms with Crippen LogP contribution in [-0.2, 0) is 27.3 Å². The number of ether oxygens (including phenoxy) is 3. The lowest BCUT2D eigenvalue weighted by Gasteiger charge is -2.31. The van der Waals surface area contributed by atoms with E-state index < -0.39 is 5.92 Å². The summed E-state index contributed by atoms with van der Waals surface area (Å²) in [5.41, 5.74) is 3.98. The Hall–Kier alpha value is -4.14. The van der Waals surface area contributed by atoms with Crippen LogP contribution in [0.1, 0.15) is 39.5 Å². The first-order valence-electron chi connectivity index (χ1n) is 14.8. The molecule has 0 atom stereocenters. The molecule has 0 saturated carbocycles. The third-order valence-corrected chi connectivity index (χ3v) is 8.71. The lowest BCUT2D eigenvalue weighted by atomic mass is 9.90. The van der Waals surface area contributed by atoms with Crippen molar-refractivity contribution in [3.8, 4) is 11.5 Å². The van der Waals surface area contributed by atoms with Gasteiger partial charge in [0.1, 0.15) is 0 Å². The van der Waals surface area contributed by atoms with Crippen LogP contribution in [0, 0.1) is 6.92 Å². The zero-order chi connectivity index (χ0) is 31.3. The van der Waals surface area contributed by atoms with Crippen molar-refractivity contribution in [1.82, 2.24) is 9.80 Å². The summed E-state index contributed by atoms with van der Waals surface area (Å²) < 4.78 is 16.2. The molecule has 0 aliphatic rings. The van der Waals surface area contributed by atoms with Gasteiger partial charge in [0.2, 0.25) is 11.8 Å². The molecule has 0 radical (unpaired) electrons. The molecule has 7 nitrogen and oxygen atoms in total. The molecule has 1 heterocycles. The number of methoxy groups -OCH3 is 3. The first-order chi connectivity index (χ1) is 21.4. The molecule has 0 bridgehead atoms. The number of benzene rings is 3. The minimum absolute atomic E-state index is 0.0188. The van der Waals surface area contributed by atoms with Crippen LogP contribution in [0.5, 0.6) is 11.5 Å². The minimum atomic E-state index is -0.521. The van der Waals surface area contributed by atoms with Crippen LogP contribution in [0.15, 0.2) is 90.3 Å². The Balaban J connectivity index is 1.60. The average Bonchev–Trinajstić information content (AvgIpc) is 3.47. The van der Waals surface area contributed by atoms with E-state index in [1.807, 2.05) is 89.1 Å². The molecule has 0 N–H and O–H groups in total. The van der Waals surface area contributed by atoms with E-state index in [9.17, 15) is 9.59 Å². The van der Waals surface area contributed by atoms with Crippen LogP contribution in [-0.4, -0.2) is 69.2 Å². The molecule has 44 heavy (non-hydrogen) atoms. The molecule has 0 saturated heterocycles. The number of hydrogen-bond donors (Lipinski definition) is 0. The number of aryl methyl sites for hydroxylation is 1. The van der Waals surface area contributed by atoms with Gasteiger partial charge in [-0.3, -0.25) is 9.59 Å². The Morgan fingerprint density at radius 3 is 2.02 bits per heavy atom. The second-order valence-electron chi connectivity index (χ2n) is 10.6. The molecule has 0 aliphatic heterocycles. The van der Waals surface area contributed by atoms with Crippen molar-refractivity contribution in [2.45, 2.75) is 32.2 Å². The van der Waals surface area contributed by atoms with Crippen LogP contribution in [0.4, 0.5) is 0 Å². The van der Waals surface area contributed by atoms with E-state index in [-0.39, 0.29) is 18.4 Å². The molecule has 0 aliphatic carbocycles. The molecule has 1 aromatic heterocycles. The summed E-state index contributed by atoms with van der Waals surface area (Å²) in [4.78, 5) is 33.2. The van der Waals surface area contributed by atoms with Gasteiger partial charge < -0.3 is 24.0 Å². The summed E-state index contributed by atoms with van der Waals surface area (Å²) in [6.45, 7) is 3.93. The quantitative estimate of drug-likeness (QED) is 0.138. The topological polar surface area (TPSA) is 68.3 Å². The van der Waals surface area contributed by atoms with Gasteiger partial charge in [-0.2, -0.15) is 0 Å². The standard InChI is InChI=1S/C36H42N2O5S/c1-27-19-23-44-33(27)25-37(21-18-28-16-17-31(42-3)32(24-28)43-4)34(39)26-38(20-11-22-41-2)36(40)35(29-12-7-5-8-13-29)30-14-9-6-10-15-30/h5-10,12-17,19,23-24,35H,11,18,20-22,25-26H2,1-4H3. The van der Waals surface area contributed by atoms with E-state index in [0.29, 0.717) is 50.6 Å². The summed E-state index contributed by atoms with van der Waals surface area (Å²) in [5, 5.41) is 2.05. The monoisotopic (exact) mass is 614 g/mol. The second-order valence-corrected chi connectivity index (χ2v) is 11.6. The summed E-state index contributed by atoms with van der Waals surface area (Å²) in [5.74, 6) is 0.602. The van der Waals surface area contributed by atoms with Gasteiger partial charge in [-0.25, -0.2) is 0 Å². The molecular formula is C36H42N2O5S. The molecule has 4 rings (SSSR count). The molecule has 3 aromatic carbocycles. The number of nitrogens with zero attached hydrogens (tertiary/aromatic N) is 2. The zero-order valence-corrected chi connectivity index (χ0v) is 26.8. The predicted octanol–water partition coefficient (Wildman–Crippen LogP) is 6.34. The first kappa shape index (κ1) is 32.8. The lowest BCUT2D eigenvalue weighted by molar-refractivity contribution is -0.141. The second kappa shape index (κ2) is 16.6. The first-order valence-corrected chi connectivity index (χ1v) is 15.7. The number of thiophene rings is 1. The van der Waals surface area contributed by atoms with Gasteiger partial charge in [0.25, 0.3) is 0 Å². The maximum absolute atomic E-state index is 14.4. The van der Waals surface area contributed by atoms with Crippen LogP contribution in [0.3, 0.4) is 0 Å². The van der Waals surface area contributed by atoms with Crippen LogP contribution in [0.25, 0.3) is 0 Å². The highest BCUT2D eigenvalue weighted by Crippen LogP contribution is 2.29. The van der Waals surface area contributed by atoms with Crippen LogP contribution >= 0.6 is 11.3 Å². The van der Waals surface area contributed by atoms with Crippen molar-refractivity contribution in [3.63, 3.8) is 0 Å². The fourth-order valence-corrected chi connectivity index (χ4v) is 6.13. The van der Waals surface area contributed by atoms with Crippen molar-refractivity contribution >= 4 is 23.2 Å². The van der Waals surface area contributed by atoms with Crippen LogP contribution in [0.2, 0.25) is 0 Å². The largest absolute Gasteiger partial charge is 0.493 e. The lowest BCUT2D eigenvalue weighted by Crippen LogP contribution is -2.45. The van der Waals surface area contributed by atoms with Crippen molar-refractivity contribution in [2.24, 2.45) is 0 Å². The van der Waals surface area contributed by atoms with Gasteiger partial charge in [-0.15, -0.1) is 11.3 Å². The number of carbonyl (C=O) groups excluding carboxylic acids is 2. The normalized spacial score (nSPS) is 10.9. The maximum atomic E-state index is 14.4. The van der Waals surface area contributed by atoms with E-state index in [1.54, 1.807) is 37.6 Å². The van der Waals surface area contributed by atoms with Gasteiger partial charge in [-0.05, 0) is 65.6 Å². The Bertz CT molecular complexity index is 1430. The number of amides is 2. The van der Waals surface area contributed by atoms with Crippen molar-refractivity contribution in [1.29, 1.82) is 0 Å². The summed E-state index contributed by atoms with van der Waals surface area (Å²) in [6.07, 6.45) is 1.26. The third-order valence-electron chi connectivity index (χ3n) is 7.70. The van der Waals surface area contributed by atoms with Crippen molar-refractivity contribution in [2.75, 3.05) is 47.6 Å². The van der Waals surface area contributed by atoms with E-state index >= 15 is 0 Å². The highest BCUT2D eigenvalue weighted by Gasteiger charge is 2.30. The fraction of sp³-hybridized carbons (Fsp3) is 0.333. The SMILES string of the molecule is COCCCN(CC(=O)N(CCc1ccc(OC)c(OC)c1)Cc1sccc1C)C(=O)C(c1ccccc1)c1ccccc1. The van der Waals surface area contributed by atoms with Crippen molar-refractivity contribution in [3.05, 3.63) is 117 Å². The summed E-state index contributed by atoms with van der Waals surface area (Å²) >= 11 is 1.64. The Morgan fingerprint density at radius 2 is 1.45 bits per heavy atom. The number of hydrogen-bond acceptors (Lipinski definition) is 6. The number of carbonyl (C=O) groups is 2. The minimum Gasteiger partial charge on any atom is -0.493 e. The predicted molar refractivity (Wildman–Crippen MR) is 176 cm³/mol. The molecular weight excluding hydrogens is 572 g/mol. The van der Waals surface area contributed by atoms with Crippen LogP contribution < -0.4 is 9.47 Å². The summed E-state index contributed by atoms with van der Waals surface area (Å²) in [7, 11) is 4.87. The Labute approximate surface area is 265 Å². The zero-order valence-electron chi connectivity index (χ0n) is 26.0. The molecule has 0 spiro atoms. The Morgan fingerprint density at radius 1 is 0.795 bits per heavy atom. The summed E-state index contributed by atoms with van der Waals surface area (Å²) in [6, 6.07) is 27.4. The van der Waals surface area contributed by atoms with E-state index in [1.165, 1.54) is 0 Å². The molecule has 2 amide bonds. The van der Waals surface area contributed by atoms with Gasteiger partial charge in [-0.1, -0.05) is 66.7 Å². The Kier molecular flexibility index (Phi) is 12.4. The molecule has 232 valence electrons. The smallest absolute Gasteiger partial charge is 0.242 e.